The largest absolute Gasteiger partial charge is 0.399 e. The van der Waals surface area contributed by atoms with E-state index in [1.807, 2.05) is 13.8 Å². The molecule has 0 bridgehead atoms. The summed E-state index contributed by atoms with van der Waals surface area (Å²) in [4.78, 5) is 12.0. The van der Waals surface area contributed by atoms with Crippen LogP contribution in [-0.4, -0.2) is 23.2 Å². The van der Waals surface area contributed by atoms with Crippen molar-refractivity contribution in [2.24, 2.45) is 5.92 Å². The Balaban J connectivity index is 2.78. The molecule has 4 nitrogen and oxygen atoms in total. The summed E-state index contributed by atoms with van der Waals surface area (Å²) < 4.78 is 13.9. The van der Waals surface area contributed by atoms with E-state index in [9.17, 15) is 14.3 Å². The van der Waals surface area contributed by atoms with Crippen molar-refractivity contribution in [2.45, 2.75) is 39.7 Å². The second-order valence-electron chi connectivity index (χ2n) is 5.98. The van der Waals surface area contributed by atoms with Crippen molar-refractivity contribution in [3.63, 3.8) is 0 Å². The molecule has 0 saturated carbocycles. The number of hydrogen-bond donors (Lipinski definition) is 3. The van der Waals surface area contributed by atoms with E-state index in [1.54, 1.807) is 13.8 Å². The van der Waals surface area contributed by atoms with Crippen LogP contribution in [0, 0.1) is 18.7 Å². The number of nitrogens with one attached hydrogen (secondary N) is 1. The first-order chi connectivity index (χ1) is 9.12. The number of nitrogens with two attached hydrogens (primary N) is 1. The Morgan fingerprint density at radius 1 is 1.50 bits per heavy atom. The molecule has 0 aliphatic carbocycles. The molecule has 1 amide bonds. The smallest absolute Gasteiger partial charge is 0.254 e. The Morgan fingerprint density at radius 3 is 2.65 bits per heavy atom. The van der Waals surface area contributed by atoms with E-state index in [0.717, 1.165) is 0 Å². The number of benzene rings is 1. The van der Waals surface area contributed by atoms with Gasteiger partial charge in [0, 0.05) is 12.2 Å². The minimum absolute atomic E-state index is 0.0668. The maximum absolute atomic E-state index is 13.9. The van der Waals surface area contributed by atoms with Gasteiger partial charge in [0.05, 0.1) is 11.2 Å². The van der Waals surface area contributed by atoms with Crippen LogP contribution in [0.25, 0.3) is 0 Å². The Bertz CT molecular complexity index is 499. The zero-order chi connectivity index (χ0) is 15.5. The van der Waals surface area contributed by atoms with E-state index < -0.39 is 17.3 Å². The highest BCUT2D eigenvalue weighted by molar-refractivity contribution is 5.95. The Hall–Kier alpha value is -1.62. The van der Waals surface area contributed by atoms with Gasteiger partial charge in [-0.25, -0.2) is 4.39 Å². The maximum atomic E-state index is 13.9. The van der Waals surface area contributed by atoms with Crippen LogP contribution in [0.1, 0.15) is 43.1 Å². The molecule has 0 fully saturated rings. The highest BCUT2D eigenvalue weighted by atomic mass is 19.1. The summed E-state index contributed by atoms with van der Waals surface area (Å²) in [6, 6.07) is 2.77. The first-order valence-corrected chi connectivity index (χ1v) is 6.68. The molecule has 0 spiro atoms. The Labute approximate surface area is 119 Å². The lowest BCUT2D eigenvalue weighted by atomic mass is 9.94. The highest BCUT2D eigenvalue weighted by Gasteiger charge is 2.24. The van der Waals surface area contributed by atoms with Crippen molar-refractivity contribution < 1.29 is 14.3 Å². The van der Waals surface area contributed by atoms with Gasteiger partial charge in [0.1, 0.15) is 5.82 Å². The molecule has 0 saturated heterocycles. The third-order valence-electron chi connectivity index (χ3n) is 3.00. The third-order valence-corrected chi connectivity index (χ3v) is 3.00. The van der Waals surface area contributed by atoms with E-state index in [0.29, 0.717) is 23.6 Å². The number of anilines is 1. The molecule has 20 heavy (non-hydrogen) atoms. The fraction of sp³-hybridized carbons (Fsp3) is 0.533. The minimum Gasteiger partial charge on any atom is -0.399 e. The summed E-state index contributed by atoms with van der Waals surface area (Å²) in [6.07, 6.45) is 0.547. The van der Waals surface area contributed by atoms with E-state index in [1.165, 1.54) is 12.1 Å². The van der Waals surface area contributed by atoms with Gasteiger partial charge >= 0.3 is 0 Å². The van der Waals surface area contributed by atoms with Gasteiger partial charge in [0.25, 0.3) is 5.91 Å². The average Bonchev–Trinajstić information content (AvgIpc) is 2.29. The first-order valence-electron chi connectivity index (χ1n) is 6.68. The number of nitrogen functional groups attached to an aromatic ring is 1. The molecule has 112 valence electrons. The summed E-state index contributed by atoms with van der Waals surface area (Å²) in [7, 11) is 0. The normalized spacial score (nSPS) is 14.2. The molecule has 1 rings (SSSR count). The number of aryl methyl sites for hydroxylation is 1. The number of carbonyl (C=O) groups is 1. The fourth-order valence-corrected chi connectivity index (χ4v) is 2.28. The molecule has 1 atom stereocenters. The van der Waals surface area contributed by atoms with Crippen LogP contribution in [0.4, 0.5) is 10.1 Å². The van der Waals surface area contributed by atoms with Gasteiger partial charge in [0.15, 0.2) is 0 Å². The number of halogens is 1. The van der Waals surface area contributed by atoms with Gasteiger partial charge < -0.3 is 16.2 Å². The van der Waals surface area contributed by atoms with Gasteiger partial charge in [-0.3, -0.25) is 4.79 Å². The lowest BCUT2D eigenvalue weighted by Crippen LogP contribution is -2.41. The third kappa shape index (κ3) is 4.49. The predicted octanol–water partition coefficient (Wildman–Crippen LogP) is 2.24. The lowest BCUT2D eigenvalue weighted by molar-refractivity contribution is 0.0367. The monoisotopic (exact) mass is 282 g/mol. The number of aliphatic hydroxyl groups is 1. The molecule has 0 aliphatic rings. The van der Waals surface area contributed by atoms with Crippen molar-refractivity contribution in [2.75, 3.05) is 12.3 Å². The van der Waals surface area contributed by atoms with Crippen molar-refractivity contribution >= 4 is 11.6 Å². The second-order valence-corrected chi connectivity index (χ2v) is 5.98. The van der Waals surface area contributed by atoms with Gasteiger partial charge in [-0.05, 0) is 43.9 Å². The van der Waals surface area contributed by atoms with E-state index in [4.69, 9.17) is 5.73 Å². The molecule has 0 aliphatic heterocycles. The molecule has 1 aromatic carbocycles. The Kier molecular flexibility index (Phi) is 5.11. The van der Waals surface area contributed by atoms with Crippen LogP contribution in [0.2, 0.25) is 0 Å². The SMILES string of the molecule is Cc1cc(N)cc(C(=O)NCC(C)(O)CC(C)C)c1F. The van der Waals surface area contributed by atoms with Crippen LogP contribution < -0.4 is 11.1 Å². The zero-order valence-electron chi connectivity index (χ0n) is 12.5. The maximum Gasteiger partial charge on any atom is 0.254 e. The lowest BCUT2D eigenvalue weighted by Gasteiger charge is -2.25. The molecule has 0 radical (unpaired) electrons. The Morgan fingerprint density at radius 2 is 2.10 bits per heavy atom. The van der Waals surface area contributed by atoms with Crippen LogP contribution in [0.5, 0.6) is 0 Å². The van der Waals surface area contributed by atoms with Gasteiger partial charge in [-0.1, -0.05) is 13.8 Å². The second kappa shape index (κ2) is 6.22. The zero-order valence-corrected chi connectivity index (χ0v) is 12.5. The van der Waals surface area contributed by atoms with Gasteiger partial charge in [-0.15, -0.1) is 0 Å². The average molecular weight is 282 g/mol. The van der Waals surface area contributed by atoms with Crippen LogP contribution >= 0.6 is 0 Å². The number of amides is 1. The van der Waals surface area contributed by atoms with Crippen molar-refractivity contribution in [3.05, 3.63) is 29.1 Å². The quantitative estimate of drug-likeness (QED) is 0.725. The van der Waals surface area contributed by atoms with Crippen molar-refractivity contribution in [1.29, 1.82) is 0 Å². The molecule has 1 aromatic rings. The summed E-state index contributed by atoms with van der Waals surface area (Å²) in [6.45, 7) is 7.23. The van der Waals surface area contributed by atoms with Crippen LogP contribution in [0.15, 0.2) is 12.1 Å². The molecular formula is C15H23FN2O2. The highest BCUT2D eigenvalue weighted by Crippen LogP contribution is 2.18. The van der Waals surface area contributed by atoms with Crippen LogP contribution in [-0.2, 0) is 0 Å². The topological polar surface area (TPSA) is 75.4 Å². The van der Waals surface area contributed by atoms with Gasteiger partial charge in [-0.2, -0.15) is 0 Å². The molecular weight excluding hydrogens is 259 g/mol. The molecule has 5 heteroatoms. The fourth-order valence-electron chi connectivity index (χ4n) is 2.28. The molecule has 1 unspecified atom stereocenters. The minimum atomic E-state index is -1.02. The van der Waals surface area contributed by atoms with E-state index in [2.05, 4.69) is 5.32 Å². The molecule has 0 aromatic heterocycles. The van der Waals surface area contributed by atoms with E-state index in [-0.39, 0.29) is 12.1 Å². The van der Waals surface area contributed by atoms with Crippen molar-refractivity contribution in [3.8, 4) is 0 Å². The van der Waals surface area contributed by atoms with E-state index >= 15 is 0 Å². The summed E-state index contributed by atoms with van der Waals surface area (Å²) in [5, 5.41) is 12.7. The first kappa shape index (κ1) is 16.4. The predicted molar refractivity (Wildman–Crippen MR) is 78.0 cm³/mol. The molecule has 4 N–H and O–H groups in total. The standard InChI is InChI=1S/C15H23FN2O2/c1-9(2)7-15(4,20)8-18-14(19)12-6-11(17)5-10(3)13(12)16/h5-6,9,20H,7-8,17H2,1-4H3,(H,18,19). The summed E-state index contributed by atoms with van der Waals surface area (Å²) in [5.74, 6) is -0.851. The van der Waals surface area contributed by atoms with Crippen molar-refractivity contribution in [1.82, 2.24) is 5.32 Å². The number of carbonyl (C=O) groups excluding carboxylic acids is 1. The number of hydrogen-bond acceptors (Lipinski definition) is 3. The van der Waals surface area contributed by atoms with Gasteiger partial charge in [0.2, 0.25) is 0 Å². The molecule has 0 heterocycles. The summed E-state index contributed by atoms with van der Waals surface area (Å²) in [5.41, 5.74) is 5.16. The van der Waals surface area contributed by atoms with Crippen LogP contribution in [0.3, 0.4) is 0 Å². The summed E-state index contributed by atoms with van der Waals surface area (Å²) >= 11 is 0. The number of rotatable bonds is 5.